The molecule has 14 heteroatoms. The molecule has 144 valence electrons. The molecule has 12 nitrogen and oxygen atoms in total. The van der Waals surface area contributed by atoms with Gasteiger partial charge >= 0.3 is 35.6 Å². The monoisotopic (exact) mass is 419 g/mol. The van der Waals surface area contributed by atoms with E-state index in [1.165, 1.54) is 24.5 Å². The molecule has 2 aliphatic heterocycles. The Morgan fingerprint density at radius 1 is 1.36 bits per heavy atom. The molecule has 1 saturated heterocycles. The van der Waals surface area contributed by atoms with E-state index >= 15 is 0 Å². The van der Waals surface area contributed by atoms with Gasteiger partial charge in [0.2, 0.25) is 10.4 Å². The first-order valence-corrected chi connectivity index (χ1v) is 8.94. The number of hydrogen-bond acceptors (Lipinski definition) is 8. The second kappa shape index (κ2) is 8.55. The first-order chi connectivity index (χ1) is 12.7. The number of pyridine rings is 1. The number of aromatic nitrogens is 1. The van der Waals surface area contributed by atoms with Crippen LogP contribution in [0.4, 0.5) is 4.79 Å². The van der Waals surface area contributed by atoms with Crippen LogP contribution in [0.15, 0.2) is 36.2 Å². The summed E-state index contributed by atoms with van der Waals surface area (Å²) >= 11 is 0. The molecule has 1 aromatic heterocycles. The Kier molecular flexibility index (Phi) is 6.80. The molecule has 0 saturated carbocycles. The molecule has 2 atom stereocenters. The fraction of sp³-hybridized carbons (Fsp3) is 0.286. The summed E-state index contributed by atoms with van der Waals surface area (Å²) in [5, 5.41) is 0.410. The molecule has 0 spiro atoms. The maximum Gasteiger partial charge on any atom is 1.00 e. The molecule has 0 aromatic carbocycles. The van der Waals surface area contributed by atoms with Gasteiger partial charge in [0.15, 0.2) is 0 Å². The Labute approximate surface area is 182 Å². The number of carbonyl (C=O) groups excluding carboxylic acids is 3. The van der Waals surface area contributed by atoms with Crippen molar-refractivity contribution in [3.63, 3.8) is 0 Å². The summed E-state index contributed by atoms with van der Waals surface area (Å²) in [6, 6.07) is 0.160. The third-order valence-corrected chi connectivity index (χ3v) is 4.30. The minimum Gasteiger partial charge on any atom is -0.724 e. The van der Waals surface area contributed by atoms with Crippen LogP contribution in [0.25, 0.3) is 0 Å². The number of hydroxylamine groups is 2. The van der Waals surface area contributed by atoms with Gasteiger partial charge < -0.3 is 9.45 Å². The van der Waals surface area contributed by atoms with Crippen LogP contribution in [0.2, 0.25) is 0 Å². The molecular formula is C14H14N5NaO7S. The van der Waals surface area contributed by atoms with Gasteiger partial charge in [-0.25, -0.2) is 13.2 Å². The van der Waals surface area contributed by atoms with Crippen LogP contribution >= 0.6 is 0 Å². The van der Waals surface area contributed by atoms with Crippen LogP contribution in [0, 0.1) is 0 Å². The number of urea groups is 1. The van der Waals surface area contributed by atoms with Crippen LogP contribution in [0.1, 0.15) is 17.3 Å². The fourth-order valence-electron chi connectivity index (χ4n) is 2.89. The van der Waals surface area contributed by atoms with E-state index in [4.69, 9.17) is 0 Å². The van der Waals surface area contributed by atoms with Gasteiger partial charge in [-0.2, -0.15) is 9.35 Å². The SMILES string of the molecule is CC1=C[C@@H]2CN(C(=O)N2OS(=O)(=O)[O-])[C@@H]1C(=O)NNC(=O)c1cccnc1.[Na+]. The van der Waals surface area contributed by atoms with Crippen LogP contribution in [-0.4, -0.2) is 64.4 Å². The summed E-state index contributed by atoms with van der Waals surface area (Å²) in [5.41, 5.74) is 5.04. The number of rotatable bonds is 4. The summed E-state index contributed by atoms with van der Waals surface area (Å²) in [6.07, 6.45) is 4.23. The summed E-state index contributed by atoms with van der Waals surface area (Å²) in [5.74, 6) is -1.33. The number of fused-ring (bicyclic) bond motifs is 2. The molecule has 1 fully saturated rings. The van der Waals surface area contributed by atoms with E-state index < -0.39 is 40.3 Å². The second-order valence-corrected chi connectivity index (χ2v) is 6.77. The average molecular weight is 419 g/mol. The standard InChI is InChI=1S/C14H15N5O7S.Na/c1-8-5-10-7-18(14(22)19(10)26-27(23,24)25)11(8)13(21)17-16-12(20)9-3-2-4-15-6-9;/h2-6,10-11H,7H2,1H3,(H,16,20)(H,17,21)(H,23,24,25);/q;+1/p-1/t10-,11+;/m1./s1. The van der Waals surface area contributed by atoms with E-state index in [1.54, 1.807) is 13.0 Å². The number of hydrazine groups is 1. The van der Waals surface area contributed by atoms with E-state index in [1.807, 2.05) is 0 Å². The topological polar surface area (TPSA) is 161 Å². The van der Waals surface area contributed by atoms with Gasteiger partial charge in [0.1, 0.15) is 6.04 Å². The van der Waals surface area contributed by atoms with Crippen LogP contribution in [0.5, 0.6) is 0 Å². The van der Waals surface area contributed by atoms with Gasteiger partial charge in [-0.15, -0.1) is 0 Å². The zero-order chi connectivity index (χ0) is 19.8. The van der Waals surface area contributed by atoms with Crippen LogP contribution < -0.4 is 40.4 Å². The Hall–Kier alpha value is -2.03. The third kappa shape index (κ3) is 4.68. The van der Waals surface area contributed by atoms with Gasteiger partial charge in [-0.3, -0.25) is 25.4 Å². The fourth-order valence-corrected chi connectivity index (χ4v) is 3.26. The number of amides is 4. The van der Waals surface area contributed by atoms with Gasteiger partial charge in [-0.05, 0) is 24.6 Å². The first kappa shape index (κ1) is 22.3. The molecule has 3 rings (SSSR count). The molecule has 2 aliphatic rings. The normalized spacial score (nSPS) is 20.9. The van der Waals surface area contributed by atoms with Crippen LogP contribution in [-0.2, 0) is 19.5 Å². The van der Waals surface area contributed by atoms with Gasteiger partial charge in [0, 0.05) is 12.4 Å². The second-order valence-electron chi connectivity index (χ2n) is 5.81. The molecule has 3 heterocycles. The third-order valence-electron chi connectivity index (χ3n) is 3.96. The molecule has 0 unspecified atom stereocenters. The van der Waals surface area contributed by atoms with Gasteiger partial charge in [-0.1, -0.05) is 6.08 Å². The van der Waals surface area contributed by atoms with Crippen molar-refractivity contribution in [2.75, 3.05) is 6.54 Å². The van der Waals surface area contributed by atoms with Gasteiger partial charge in [0.25, 0.3) is 11.8 Å². The van der Waals surface area contributed by atoms with E-state index in [9.17, 15) is 27.4 Å². The van der Waals surface area contributed by atoms with Crippen molar-refractivity contribution in [1.29, 1.82) is 0 Å². The zero-order valence-electron chi connectivity index (χ0n) is 14.9. The van der Waals surface area contributed by atoms with E-state index in [2.05, 4.69) is 20.1 Å². The zero-order valence-corrected chi connectivity index (χ0v) is 17.7. The summed E-state index contributed by atoms with van der Waals surface area (Å²) in [7, 11) is -5.15. The number of hydrogen-bond donors (Lipinski definition) is 2. The first-order valence-electron chi connectivity index (χ1n) is 7.61. The summed E-state index contributed by atoms with van der Waals surface area (Å²) < 4.78 is 36.5. The minimum atomic E-state index is -5.15. The van der Waals surface area contributed by atoms with Crippen molar-refractivity contribution in [2.24, 2.45) is 0 Å². The van der Waals surface area contributed by atoms with E-state index in [0.717, 1.165) is 4.90 Å². The number of nitrogens with one attached hydrogen (secondary N) is 2. The average Bonchev–Trinajstić information content (AvgIpc) is 2.84. The quantitative estimate of drug-likeness (QED) is 0.163. The van der Waals surface area contributed by atoms with Crippen molar-refractivity contribution < 1.29 is 61.2 Å². The Balaban J connectivity index is 0.00000280. The number of carbonyl (C=O) groups is 3. The van der Waals surface area contributed by atoms with E-state index in [-0.39, 0.29) is 41.7 Å². The van der Waals surface area contributed by atoms with Crippen molar-refractivity contribution in [3.8, 4) is 0 Å². The maximum absolute atomic E-state index is 12.5. The predicted octanol–water partition coefficient (Wildman–Crippen LogP) is -4.33. The van der Waals surface area contributed by atoms with Crippen molar-refractivity contribution in [3.05, 3.63) is 41.7 Å². The Morgan fingerprint density at radius 3 is 2.68 bits per heavy atom. The summed E-state index contributed by atoms with van der Waals surface area (Å²) in [6.45, 7) is 1.50. The smallest absolute Gasteiger partial charge is 0.724 e. The predicted molar refractivity (Wildman–Crippen MR) is 85.9 cm³/mol. The largest absolute Gasteiger partial charge is 1.00 e. The van der Waals surface area contributed by atoms with E-state index in [0.29, 0.717) is 10.6 Å². The van der Waals surface area contributed by atoms with Crippen molar-refractivity contribution in [2.45, 2.75) is 19.0 Å². The molecule has 2 bridgehead atoms. The van der Waals surface area contributed by atoms with Crippen molar-refractivity contribution >= 4 is 28.2 Å². The molecule has 4 amide bonds. The summed E-state index contributed by atoms with van der Waals surface area (Å²) in [4.78, 5) is 41.5. The van der Waals surface area contributed by atoms with Crippen molar-refractivity contribution in [1.82, 2.24) is 25.8 Å². The molecule has 0 radical (unpaired) electrons. The Bertz CT molecular complexity index is 923. The molecule has 28 heavy (non-hydrogen) atoms. The van der Waals surface area contributed by atoms with Crippen LogP contribution in [0.3, 0.4) is 0 Å². The Morgan fingerprint density at radius 2 is 2.07 bits per heavy atom. The number of nitrogens with zero attached hydrogens (tertiary/aromatic N) is 3. The molecule has 1 aromatic rings. The van der Waals surface area contributed by atoms with Gasteiger partial charge in [0.05, 0.1) is 18.2 Å². The maximum atomic E-state index is 12.5. The molecule has 2 N–H and O–H groups in total. The molecular weight excluding hydrogens is 405 g/mol. The minimum absolute atomic E-state index is 0. The molecule has 0 aliphatic carbocycles.